The second kappa shape index (κ2) is 7.30. The van der Waals surface area contributed by atoms with Crippen molar-refractivity contribution in [2.24, 2.45) is 0 Å². The van der Waals surface area contributed by atoms with Gasteiger partial charge in [-0.1, -0.05) is 18.2 Å². The van der Waals surface area contributed by atoms with Gasteiger partial charge in [0.1, 0.15) is 5.82 Å². The van der Waals surface area contributed by atoms with Gasteiger partial charge in [0.15, 0.2) is 0 Å². The van der Waals surface area contributed by atoms with Gasteiger partial charge < -0.3 is 15.0 Å². The van der Waals surface area contributed by atoms with Crippen molar-refractivity contribution in [3.63, 3.8) is 0 Å². The van der Waals surface area contributed by atoms with Crippen LogP contribution in [0, 0.1) is 6.92 Å². The van der Waals surface area contributed by atoms with Crippen molar-refractivity contribution >= 4 is 22.4 Å². The lowest BCUT2D eigenvalue weighted by Gasteiger charge is -2.32. The van der Waals surface area contributed by atoms with Crippen LogP contribution >= 0.6 is 0 Å². The number of hydrogen-bond donors (Lipinski definition) is 1. The van der Waals surface area contributed by atoms with Crippen molar-refractivity contribution in [1.29, 1.82) is 0 Å². The SMILES string of the molecule is Cc1cccc2c(NCc3ccnc(N4CCOC(C)C4)c3)ccnc12. The van der Waals surface area contributed by atoms with Gasteiger partial charge in [0.05, 0.1) is 18.2 Å². The Morgan fingerprint density at radius 1 is 1.19 bits per heavy atom. The summed E-state index contributed by atoms with van der Waals surface area (Å²) >= 11 is 0. The molecule has 0 aliphatic carbocycles. The topological polar surface area (TPSA) is 50.3 Å². The van der Waals surface area contributed by atoms with E-state index in [0.717, 1.165) is 48.6 Å². The third kappa shape index (κ3) is 3.48. The first-order valence-corrected chi connectivity index (χ1v) is 9.10. The number of nitrogens with one attached hydrogen (secondary N) is 1. The fraction of sp³-hybridized carbons (Fsp3) is 0.333. The molecule has 0 spiro atoms. The van der Waals surface area contributed by atoms with Gasteiger partial charge in [-0.15, -0.1) is 0 Å². The molecule has 3 aromatic rings. The number of ether oxygens (including phenoxy) is 1. The summed E-state index contributed by atoms with van der Waals surface area (Å²) < 4.78 is 5.63. The van der Waals surface area contributed by atoms with E-state index >= 15 is 0 Å². The van der Waals surface area contributed by atoms with Crippen LogP contribution in [-0.4, -0.2) is 35.8 Å². The Balaban J connectivity index is 1.52. The quantitative estimate of drug-likeness (QED) is 0.778. The van der Waals surface area contributed by atoms with E-state index in [9.17, 15) is 0 Å². The minimum absolute atomic E-state index is 0.249. The predicted octanol–water partition coefficient (Wildman–Crippen LogP) is 3.78. The molecule has 134 valence electrons. The number of morpholine rings is 1. The van der Waals surface area contributed by atoms with Crippen LogP contribution in [0.25, 0.3) is 10.9 Å². The highest BCUT2D eigenvalue weighted by molar-refractivity contribution is 5.92. The average molecular weight is 348 g/mol. The molecule has 1 aliphatic rings. The van der Waals surface area contributed by atoms with Gasteiger partial charge in [0.25, 0.3) is 0 Å². The van der Waals surface area contributed by atoms with Crippen LogP contribution in [0.5, 0.6) is 0 Å². The molecule has 0 saturated carbocycles. The highest BCUT2D eigenvalue weighted by atomic mass is 16.5. The fourth-order valence-corrected chi connectivity index (χ4v) is 3.45. The largest absolute Gasteiger partial charge is 0.380 e. The number of benzene rings is 1. The van der Waals surface area contributed by atoms with E-state index in [1.807, 2.05) is 18.5 Å². The summed E-state index contributed by atoms with van der Waals surface area (Å²) in [5.74, 6) is 1.02. The molecule has 1 N–H and O–H groups in total. The summed E-state index contributed by atoms with van der Waals surface area (Å²) in [6, 6.07) is 12.6. The first-order chi connectivity index (χ1) is 12.7. The normalized spacial score (nSPS) is 17.5. The molecule has 1 atom stereocenters. The Kier molecular flexibility index (Phi) is 4.71. The number of aryl methyl sites for hydroxylation is 1. The highest BCUT2D eigenvalue weighted by Crippen LogP contribution is 2.24. The Labute approximate surface area is 154 Å². The van der Waals surface area contributed by atoms with E-state index < -0.39 is 0 Å². The lowest BCUT2D eigenvalue weighted by Crippen LogP contribution is -2.41. The molecule has 0 amide bonds. The first kappa shape index (κ1) is 16.8. The molecule has 26 heavy (non-hydrogen) atoms. The summed E-state index contributed by atoms with van der Waals surface area (Å²) in [5, 5.41) is 4.72. The van der Waals surface area contributed by atoms with Crippen LogP contribution in [-0.2, 0) is 11.3 Å². The molecule has 1 aliphatic heterocycles. The van der Waals surface area contributed by atoms with Crippen molar-refractivity contribution in [2.75, 3.05) is 29.9 Å². The number of pyridine rings is 2. The first-order valence-electron chi connectivity index (χ1n) is 9.10. The molecule has 2 aromatic heterocycles. The smallest absolute Gasteiger partial charge is 0.128 e. The number of para-hydroxylation sites is 1. The van der Waals surface area contributed by atoms with Crippen molar-refractivity contribution in [1.82, 2.24) is 9.97 Å². The maximum Gasteiger partial charge on any atom is 0.128 e. The number of fused-ring (bicyclic) bond motifs is 1. The van der Waals surface area contributed by atoms with E-state index in [0.29, 0.717) is 0 Å². The summed E-state index contributed by atoms with van der Waals surface area (Å²) in [6.07, 6.45) is 4.00. The van der Waals surface area contributed by atoms with Gasteiger partial charge in [-0.25, -0.2) is 4.98 Å². The fourth-order valence-electron chi connectivity index (χ4n) is 3.45. The zero-order valence-electron chi connectivity index (χ0n) is 15.3. The van der Waals surface area contributed by atoms with Crippen LogP contribution < -0.4 is 10.2 Å². The lowest BCUT2D eigenvalue weighted by molar-refractivity contribution is 0.0529. The molecule has 1 aromatic carbocycles. The second-order valence-corrected chi connectivity index (χ2v) is 6.83. The van der Waals surface area contributed by atoms with Gasteiger partial charge in [0.2, 0.25) is 0 Å². The van der Waals surface area contributed by atoms with Crippen molar-refractivity contribution < 1.29 is 4.74 Å². The van der Waals surface area contributed by atoms with Crippen LogP contribution in [0.4, 0.5) is 11.5 Å². The van der Waals surface area contributed by atoms with Crippen molar-refractivity contribution in [2.45, 2.75) is 26.5 Å². The van der Waals surface area contributed by atoms with Crippen LogP contribution in [0.15, 0.2) is 48.8 Å². The number of anilines is 2. The zero-order valence-corrected chi connectivity index (χ0v) is 15.3. The van der Waals surface area contributed by atoms with E-state index in [1.165, 1.54) is 11.1 Å². The van der Waals surface area contributed by atoms with Gasteiger partial charge in [-0.2, -0.15) is 0 Å². The Morgan fingerprint density at radius 3 is 2.96 bits per heavy atom. The Morgan fingerprint density at radius 2 is 2.08 bits per heavy atom. The monoisotopic (exact) mass is 348 g/mol. The van der Waals surface area contributed by atoms with E-state index in [2.05, 4.69) is 64.4 Å². The van der Waals surface area contributed by atoms with Crippen LogP contribution in [0.1, 0.15) is 18.1 Å². The third-order valence-corrected chi connectivity index (χ3v) is 4.83. The number of hydrogen-bond acceptors (Lipinski definition) is 5. The highest BCUT2D eigenvalue weighted by Gasteiger charge is 2.18. The molecule has 1 unspecified atom stereocenters. The zero-order chi connectivity index (χ0) is 17.9. The van der Waals surface area contributed by atoms with E-state index in [1.54, 1.807) is 0 Å². The molecular weight excluding hydrogens is 324 g/mol. The number of rotatable bonds is 4. The summed E-state index contributed by atoms with van der Waals surface area (Å²) in [6.45, 7) is 7.49. The molecule has 4 rings (SSSR count). The van der Waals surface area contributed by atoms with Crippen molar-refractivity contribution in [3.05, 3.63) is 59.9 Å². The minimum Gasteiger partial charge on any atom is -0.380 e. The molecule has 5 heteroatoms. The summed E-state index contributed by atoms with van der Waals surface area (Å²) in [7, 11) is 0. The summed E-state index contributed by atoms with van der Waals surface area (Å²) in [5.41, 5.74) is 4.57. The maximum absolute atomic E-state index is 5.63. The van der Waals surface area contributed by atoms with Gasteiger partial charge in [0, 0.05) is 43.1 Å². The molecule has 5 nitrogen and oxygen atoms in total. The van der Waals surface area contributed by atoms with Gasteiger partial charge in [-0.3, -0.25) is 4.98 Å². The molecule has 1 saturated heterocycles. The third-order valence-electron chi connectivity index (χ3n) is 4.83. The molecule has 1 fully saturated rings. The lowest BCUT2D eigenvalue weighted by atomic mass is 10.1. The number of aromatic nitrogens is 2. The molecule has 0 radical (unpaired) electrons. The Bertz CT molecular complexity index is 911. The van der Waals surface area contributed by atoms with E-state index in [-0.39, 0.29) is 6.10 Å². The second-order valence-electron chi connectivity index (χ2n) is 6.83. The average Bonchev–Trinajstić information content (AvgIpc) is 2.67. The minimum atomic E-state index is 0.249. The van der Waals surface area contributed by atoms with Crippen LogP contribution in [0.3, 0.4) is 0 Å². The number of nitrogens with zero attached hydrogens (tertiary/aromatic N) is 3. The summed E-state index contributed by atoms with van der Waals surface area (Å²) in [4.78, 5) is 11.4. The molecule has 0 bridgehead atoms. The maximum atomic E-state index is 5.63. The molecular formula is C21H24N4O. The standard InChI is InChI=1S/C21H24N4O/c1-15-4-3-5-18-19(7-9-23-21(15)18)24-13-17-6-8-22-20(12-17)25-10-11-26-16(2)14-25/h3-9,12,16H,10-11,13-14H2,1-2H3,(H,23,24). The predicted molar refractivity (Wildman–Crippen MR) is 106 cm³/mol. The van der Waals surface area contributed by atoms with Crippen LogP contribution in [0.2, 0.25) is 0 Å². The van der Waals surface area contributed by atoms with E-state index in [4.69, 9.17) is 4.74 Å². The van der Waals surface area contributed by atoms with Gasteiger partial charge in [-0.05, 0) is 43.2 Å². The Hall–Kier alpha value is -2.66. The van der Waals surface area contributed by atoms with Crippen molar-refractivity contribution in [3.8, 4) is 0 Å². The van der Waals surface area contributed by atoms with Gasteiger partial charge >= 0.3 is 0 Å². The molecule has 3 heterocycles.